The summed E-state index contributed by atoms with van der Waals surface area (Å²) in [6, 6.07) is 19.9. The average Bonchev–Trinajstić information content (AvgIpc) is 2.61. The first kappa shape index (κ1) is 20.1. The molecule has 0 saturated carbocycles. The smallest absolute Gasteiger partial charge is 0.358 e. The maximum absolute atomic E-state index is 13.4. The lowest BCUT2D eigenvalue weighted by atomic mass is 9.92. The van der Waals surface area contributed by atoms with E-state index >= 15 is 0 Å². The summed E-state index contributed by atoms with van der Waals surface area (Å²) in [7, 11) is -2.66. The van der Waals surface area contributed by atoms with Crippen LogP contribution in [0.5, 0.6) is 0 Å². The Morgan fingerprint density at radius 1 is 0.800 bits per heavy atom. The van der Waals surface area contributed by atoms with Crippen LogP contribution in [0.15, 0.2) is 60.7 Å². The second-order valence-corrected chi connectivity index (χ2v) is 13.6. The van der Waals surface area contributed by atoms with Gasteiger partial charge in [-0.25, -0.2) is 0 Å². The van der Waals surface area contributed by atoms with Gasteiger partial charge in [-0.1, -0.05) is 60.7 Å². The molecule has 1 unspecified atom stereocenters. The molecule has 0 spiro atoms. The van der Waals surface area contributed by atoms with E-state index in [1.807, 2.05) is 60.7 Å². The molecule has 6 heteroatoms. The Morgan fingerprint density at radius 2 is 1.20 bits per heavy atom. The van der Waals surface area contributed by atoms with Gasteiger partial charge in [0, 0.05) is 20.1 Å². The molecule has 0 saturated heterocycles. The summed E-state index contributed by atoms with van der Waals surface area (Å²) in [5.74, 6) is -0.959. The van der Waals surface area contributed by atoms with Gasteiger partial charge >= 0.3 is 7.60 Å². The fourth-order valence-corrected chi connectivity index (χ4v) is 6.40. The molecule has 4 nitrogen and oxygen atoms in total. The molecule has 0 N–H and O–H groups in total. The first-order chi connectivity index (χ1) is 11.8. The predicted molar refractivity (Wildman–Crippen MR) is 105 cm³/mol. The van der Waals surface area contributed by atoms with Crippen molar-refractivity contribution < 1.29 is 18.0 Å². The van der Waals surface area contributed by atoms with E-state index in [4.69, 9.17) is 13.5 Å². The molecule has 0 bridgehead atoms. The molecule has 136 valence electrons. The number of rotatable bonds is 8. The molecule has 2 aromatic rings. The third kappa shape index (κ3) is 5.13. The summed E-state index contributed by atoms with van der Waals surface area (Å²) in [5.41, 5.74) is 2.04. The summed E-state index contributed by atoms with van der Waals surface area (Å²) >= 11 is 0. The molecule has 0 fully saturated rings. The Bertz CT molecular complexity index is 653. The van der Waals surface area contributed by atoms with Gasteiger partial charge < -0.3 is 13.5 Å². The Kier molecular flexibility index (Phi) is 6.77. The number of benzene rings is 2. The van der Waals surface area contributed by atoms with Gasteiger partial charge in [-0.2, -0.15) is 0 Å². The summed E-state index contributed by atoms with van der Waals surface area (Å²) in [5, 5.41) is 0. The fraction of sp³-hybridized carbons (Fsp3) is 0.368. The lowest BCUT2D eigenvalue weighted by Gasteiger charge is -2.36. The van der Waals surface area contributed by atoms with E-state index in [1.165, 1.54) is 14.2 Å². The van der Waals surface area contributed by atoms with Gasteiger partial charge in [0.15, 0.2) is 14.2 Å². The minimum absolute atomic E-state index is 0.250. The summed E-state index contributed by atoms with van der Waals surface area (Å²) in [6.07, 6.45) is 0. The van der Waals surface area contributed by atoms with Gasteiger partial charge in [-0.05, 0) is 30.8 Å². The Labute approximate surface area is 151 Å². The van der Waals surface area contributed by atoms with Crippen LogP contribution >= 0.6 is 7.60 Å². The van der Waals surface area contributed by atoms with Gasteiger partial charge in [0.25, 0.3) is 0 Å². The fourth-order valence-electron chi connectivity index (χ4n) is 2.80. The SMILES string of the molecule is COP(=O)(OC)C(O[Si](C)(C)C)C(c1ccccc1)c1ccccc1. The zero-order chi connectivity index (χ0) is 18.5. The van der Waals surface area contributed by atoms with Gasteiger partial charge in [0.05, 0.1) is 0 Å². The molecule has 0 aromatic heterocycles. The van der Waals surface area contributed by atoms with Crippen molar-refractivity contribution >= 4 is 15.9 Å². The minimum Gasteiger partial charge on any atom is -0.403 e. The highest BCUT2D eigenvalue weighted by molar-refractivity contribution is 7.54. The van der Waals surface area contributed by atoms with Crippen molar-refractivity contribution in [3.05, 3.63) is 71.8 Å². The van der Waals surface area contributed by atoms with E-state index in [2.05, 4.69) is 19.6 Å². The highest BCUT2D eigenvalue weighted by atomic mass is 31.2. The average molecular weight is 378 g/mol. The Morgan fingerprint density at radius 3 is 1.52 bits per heavy atom. The van der Waals surface area contributed by atoms with Gasteiger partial charge in [0.1, 0.15) is 0 Å². The molecule has 0 aliphatic heterocycles. The summed E-state index contributed by atoms with van der Waals surface area (Å²) < 4.78 is 30.4. The molecule has 0 amide bonds. The molecule has 0 aliphatic carbocycles. The predicted octanol–water partition coefficient (Wildman–Crippen LogP) is 5.48. The van der Waals surface area contributed by atoms with Crippen LogP contribution in [-0.2, 0) is 18.0 Å². The van der Waals surface area contributed by atoms with Crippen molar-refractivity contribution in [3.8, 4) is 0 Å². The maximum atomic E-state index is 13.4. The van der Waals surface area contributed by atoms with Gasteiger partial charge in [0.2, 0.25) is 0 Å². The zero-order valence-corrected chi connectivity index (χ0v) is 17.4. The Hall–Kier alpha value is -1.23. The largest absolute Gasteiger partial charge is 0.403 e. The van der Waals surface area contributed by atoms with Crippen molar-refractivity contribution in [1.82, 2.24) is 0 Å². The van der Waals surface area contributed by atoms with Crippen molar-refractivity contribution in [3.63, 3.8) is 0 Å². The van der Waals surface area contributed by atoms with Crippen LogP contribution in [0.3, 0.4) is 0 Å². The topological polar surface area (TPSA) is 44.8 Å². The van der Waals surface area contributed by atoms with Crippen LogP contribution in [0.2, 0.25) is 19.6 Å². The number of hydrogen-bond donors (Lipinski definition) is 0. The quantitative estimate of drug-likeness (QED) is 0.450. The van der Waals surface area contributed by atoms with Crippen LogP contribution in [0.4, 0.5) is 0 Å². The lowest BCUT2D eigenvalue weighted by Crippen LogP contribution is -2.36. The standard InChI is InChI=1S/C19H27O4PSi/c1-21-24(20,22-2)19(23-25(3,4)5)18(16-12-8-6-9-13-16)17-14-10-7-11-15-17/h6-15,18-19H,1-5H3. The summed E-state index contributed by atoms with van der Waals surface area (Å²) in [6.45, 7) is 6.22. The lowest BCUT2D eigenvalue weighted by molar-refractivity contribution is 0.174. The molecule has 0 aliphatic rings. The Balaban J connectivity index is 2.63. The van der Waals surface area contributed by atoms with E-state index in [1.54, 1.807) is 0 Å². The highest BCUT2D eigenvalue weighted by Gasteiger charge is 2.44. The van der Waals surface area contributed by atoms with Crippen LogP contribution < -0.4 is 0 Å². The van der Waals surface area contributed by atoms with Crippen molar-refractivity contribution in [1.29, 1.82) is 0 Å². The summed E-state index contributed by atoms with van der Waals surface area (Å²) in [4.78, 5) is 0. The minimum atomic E-state index is -3.46. The first-order valence-electron chi connectivity index (χ1n) is 8.29. The van der Waals surface area contributed by atoms with Gasteiger partial charge in [-0.15, -0.1) is 0 Å². The van der Waals surface area contributed by atoms with Crippen LogP contribution in [0.1, 0.15) is 17.0 Å². The molecule has 25 heavy (non-hydrogen) atoms. The zero-order valence-electron chi connectivity index (χ0n) is 15.5. The molecule has 0 heterocycles. The molecule has 2 aromatic carbocycles. The van der Waals surface area contributed by atoms with Gasteiger partial charge in [-0.3, -0.25) is 4.57 Å². The van der Waals surface area contributed by atoms with Crippen molar-refractivity contribution in [2.75, 3.05) is 14.2 Å². The van der Waals surface area contributed by atoms with E-state index < -0.39 is 21.8 Å². The normalized spacial score (nSPS) is 13.8. The van der Waals surface area contributed by atoms with Crippen molar-refractivity contribution in [2.24, 2.45) is 0 Å². The van der Waals surface area contributed by atoms with E-state index in [-0.39, 0.29) is 5.92 Å². The van der Waals surface area contributed by atoms with Crippen molar-refractivity contribution in [2.45, 2.75) is 31.4 Å². The molecular weight excluding hydrogens is 351 g/mol. The van der Waals surface area contributed by atoms with E-state index in [9.17, 15) is 4.57 Å². The van der Waals surface area contributed by atoms with E-state index in [0.717, 1.165) is 11.1 Å². The van der Waals surface area contributed by atoms with E-state index in [0.29, 0.717) is 0 Å². The van der Waals surface area contributed by atoms with Crippen LogP contribution in [0, 0.1) is 0 Å². The maximum Gasteiger partial charge on any atom is 0.358 e. The highest BCUT2D eigenvalue weighted by Crippen LogP contribution is 2.58. The third-order valence-electron chi connectivity index (χ3n) is 3.90. The number of hydrogen-bond acceptors (Lipinski definition) is 4. The second kappa shape index (κ2) is 8.43. The molecular formula is C19H27O4PSi. The van der Waals surface area contributed by atoms with Crippen LogP contribution in [0.25, 0.3) is 0 Å². The molecule has 1 atom stereocenters. The molecule has 0 radical (unpaired) electrons. The monoisotopic (exact) mass is 378 g/mol. The first-order valence-corrected chi connectivity index (χ1v) is 13.3. The van der Waals surface area contributed by atoms with Crippen LogP contribution in [-0.4, -0.2) is 28.4 Å². The second-order valence-electron chi connectivity index (χ2n) is 6.82. The molecule has 2 rings (SSSR count). The third-order valence-corrected chi connectivity index (χ3v) is 7.10.